The Labute approximate surface area is 149 Å². The minimum Gasteiger partial charge on any atom is -0.356 e. The lowest BCUT2D eigenvalue weighted by Gasteiger charge is -2.39. The number of benzene rings is 1. The summed E-state index contributed by atoms with van der Waals surface area (Å²) in [7, 11) is 0. The summed E-state index contributed by atoms with van der Waals surface area (Å²) in [5.41, 5.74) is 0.899. The van der Waals surface area contributed by atoms with E-state index in [0.29, 0.717) is 0 Å². The minimum absolute atomic E-state index is 0.0241. The number of rotatable bonds is 5. The number of piperazine rings is 1. The molecular weight excluding hydrogens is 318 g/mol. The Bertz CT molecular complexity index is 585. The lowest BCUT2D eigenvalue weighted by molar-refractivity contribution is -0.156. The number of nitrogens with zero attached hydrogens (tertiary/aromatic N) is 2. The summed E-state index contributed by atoms with van der Waals surface area (Å²) in [6.07, 6.45) is 1.73. The van der Waals surface area contributed by atoms with Gasteiger partial charge in [0.1, 0.15) is 6.61 Å². The first kappa shape index (κ1) is 17.9. The van der Waals surface area contributed by atoms with Crippen LogP contribution in [0.15, 0.2) is 30.3 Å². The average molecular weight is 345 g/mol. The van der Waals surface area contributed by atoms with Crippen LogP contribution in [-0.4, -0.2) is 67.0 Å². The van der Waals surface area contributed by atoms with E-state index in [1.807, 2.05) is 35.2 Å². The van der Waals surface area contributed by atoms with Crippen LogP contribution in [0.5, 0.6) is 0 Å². The molecule has 6 nitrogen and oxygen atoms in total. The molecule has 2 saturated heterocycles. The van der Waals surface area contributed by atoms with Crippen molar-refractivity contribution in [3.05, 3.63) is 35.9 Å². The van der Waals surface area contributed by atoms with Crippen molar-refractivity contribution in [3.63, 3.8) is 0 Å². The van der Waals surface area contributed by atoms with Crippen LogP contribution >= 0.6 is 0 Å². The van der Waals surface area contributed by atoms with E-state index >= 15 is 0 Å². The molecule has 2 aliphatic heterocycles. The third-order valence-electron chi connectivity index (χ3n) is 4.93. The number of nitrogens with one attached hydrogen (secondary N) is 1. The molecule has 2 aliphatic rings. The molecule has 2 amide bonds. The van der Waals surface area contributed by atoms with Crippen molar-refractivity contribution in [1.29, 1.82) is 0 Å². The molecule has 0 aromatic heterocycles. The van der Waals surface area contributed by atoms with E-state index in [2.05, 4.69) is 17.1 Å². The van der Waals surface area contributed by atoms with Crippen LogP contribution in [-0.2, 0) is 14.3 Å². The summed E-state index contributed by atoms with van der Waals surface area (Å²) in [5, 5.41) is 2.92. The molecule has 1 aromatic carbocycles. The maximum absolute atomic E-state index is 13.0. The van der Waals surface area contributed by atoms with Crippen molar-refractivity contribution >= 4 is 11.8 Å². The van der Waals surface area contributed by atoms with E-state index < -0.39 is 12.1 Å². The van der Waals surface area contributed by atoms with Gasteiger partial charge in [0.05, 0.1) is 6.04 Å². The molecule has 1 aromatic rings. The lowest BCUT2D eigenvalue weighted by atomic mass is 9.98. The predicted molar refractivity (Wildman–Crippen MR) is 95.0 cm³/mol. The van der Waals surface area contributed by atoms with Crippen molar-refractivity contribution in [2.24, 2.45) is 0 Å². The monoisotopic (exact) mass is 345 g/mol. The molecule has 0 bridgehead atoms. The summed E-state index contributed by atoms with van der Waals surface area (Å²) < 4.78 is 5.65. The Morgan fingerprint density at radius 1 is 1.20 bits per heavy atom. The molecule has 136 valence electrons. The van der Waals surface area contributed by atoms with Crippen LogP contribution in [0.4, 0.5) is 0 Å². The summed E-state index contributed by atoms with van der Waals surface area (Å²) in [5.74, 6) is -0.203. The van der Waals surface area contributed by atoms with Crippen LogP contribution in [0, 0.1) is 0 Å². The molecular formula is C19H27N3O3. The van der Waals surface area contributed by atoms with E-state index in [-0.39, 0.29) is 18.4 Å². The summed E-state index contributed by atoms with van der Waals surface area (Å²) >= 11 is 0. The zero-order valence-corrected chi connectivity index (χ0v) is 14.8. The van der Waals surface area contributed by atoms with Gasteiger partial charge in [-0.05, 0) is 18.5 Å². The summed E-state index contributed by atoms with van der Waals surface area (Å²) in [6.45, 7) is 6.48. The van der Waals surface area contributed by atoms with Gasteiger partial charge in [-0.3, -0.25) is 14.5 Å². The summed E-state index contributed by atoms with van der Waals surface area (Å²) in [6, 6.07) is 9.15. The van der Waals surface area contributed by atoms with Gasteiger partial charge in [0.15, 0.2) is 6.10 Å². The van der Waals surface area contributed by atoms with Gasteiger partial charge in [-0.1, -0.05) is 43.7 Å². The third-order valence-corrected chi connectivity index (χ3v) is 4.93. The van der Waals surface area contributed by atoms with Crippen molar-refractivity contribution in [2.75, 3.05) is 39.3 Å². The zero-order chi connectivity index (χ0) is 17.6. The van der Waals surface area contributed by atoms with Crippen LogP contribution in [0.25, 0.3) is 0 Å². The maximum Gasteiger partial charge on any atom is 0.254 e. The highest BCUT2D eigenvalue weighted by Gasteiger charge is 2.38. The fraction of sp³-hybridized carbons (Fsp3) is 0.579. The second-order valence-electron chi connectivity index (χ2n) is 6.71. The Balaban J connectivity index is 1.65. The Hall–Kier alpha value is -1.92. The molecule has 0 radical (unpaired) electrons. The number of amides is 2. The van der Waals surface area contributed by atoms with E-state index in [0.717, 1.165) is 38.3 Å². The van der Waals surface area contributed by atoms with E-state index in [1.165, 1.54) is 12.8 Å². The molecule has 2 atom stereocenters. The van der Waals surface area contributed by atoms with E-state index in [9.17, 15) is 9.59 Å². The highest BCUT2D eigenvalue weighted by atomic mass is 16.5. The zero-order valence-electron chi connectivity index (χ0n) is 14.8. The van der Waals surface area contributed by atoms with Crippen molar-refractivity contribution in [1.82, 2.24) is 15.1 Å². The van der Waals surface area contributed by atoms with E-state index in [1.54, 1.807) is 0 Å². The molecule has 3 rings (SSSR count). The third kappa shape index (κ3) is 4.38. The fourth-order valence-electron chi connectivity index (χ4n) is 3.44. The van der Waals surface area contributed by atoms with Gasteiger partial charge < -0.3 is 15.0 Å². The summed E-state index contributed by atoms with van der Waals surface area (Å²) in [4.78, 5) is 29.0. The topological polar surface area (TPSA) is 61.9 Å². The SMILES string of the molecule is CCCCN1CCN(C(=O)C2OCC(=O)NC2c2ccccc2)CC1. The predicted octanol–water partition coefficient (Wildman–Crippen LogP) is 1.19. The highest BCUT2D eigenvalue weighted by molar-refractivity contribution is 5.86. The van der Waals surface area contributed by atoms with Crippen LogP contribution in [0.2, 0.25) is 0 Å². The van der Waals surface area contributed by atoms with Crippen LogP contribution < -0.4 is 5.32 Å². The molecule has 0 spiro atoms. The second kappa shape index (κ2) is 8.45. The van der Waals surface area contributed by atoms with Crippen LogP contribution in [0.1, 0.15) is 31.4 Å². The first-order chi connectivity index (χ1) is 12.2. The maximum atomic E-state index is 13.0. The molecule has 2 heterocycles. The standard InChI is InChI=1S/C19H27N3O3/c1-2-3-9-21-10-12-22(13-11-21)19(24)18-17(20-16(23)14-25-18)15-7-5-4-6-8-15/h4-8,17-18H,2-3,9-14H2,1H3,(H,20,23). The smallest absolute Gasteiger partial charge is 0.254 e. The Morgan fingerprint density at radius 2 is 1.92 bits per heavy atom. The first-order valence-corrected chi connectivity index (χ1v) is 9.16. The molecule has 1 N–H and O–H groups in total. The Kier molecular flexibility index (Phi) is 6.04. The molecule has 0 aliphatic carbocycles. The number of hydrogen-bond donors (Lipinski definition) is 1. The van der Waals surface area contributed by atoms with Gasteiger partial charge in [0.25, 0.3) is 5.91 Å². The van der Waals surface area contributed by atoms with Gasteiger partial charge in [-0.15, -0.1) is 0 Å². The molecule has 2 unspecified atom stereocenters. The fourth-order valence-corrected chi connectivity index (χ4v) is 3.44. The number of carbonyl (C=O) groups excluding carboxylic acids is 2. The van der Waals surface area contributed by atoms with Crippen molar-refractivity contribution < 1.29 is 14.3 Å². The molecule has 6 heteroatoms. The number of hydrogen-bond acceptors (Lipinski definition) is 4. The molecule has 2 fully saturated rings. The van der Waals surface area contributed by atoms with Crippen molar-refractivity contribution in [2.45, 2.75) is 31.9 Å². The number of morpholine rings is 1. The molecule has 0 saturated carbocycles. The number of ether oxygens (including phenoxy) is 1. The van der Waals surface area contributed by atoms with Gasteiger partial charge in [-0.25, -0.2) is 0 Å². The number of carbonyl (C=O) groups is 2. The normalized spacial score (nSPS) is 24.8. The first-order valence-electron chi connectivity index (χ1n) is 9.16. The minimum atomic E-state index is -0.651. The molecule has 25 heavy (non-hydrogen) atoms. The van der Waals surface area contributed by atoms with Gasteiger partial charge in [0.2, 0.25) is 5.91 Å². The van der Waals surface area contributed by atoms with Gasteiger partial charge in [-0.2, -0.15) is 0 Å². The largest absolute Gasteiger partial charge is 0.356 e. The number of unbranched alkanes of at least 4 members (excludes halogenated alkanes) is 1. The highest BCUT2D eigenvalue weighted by Crippen LogP contribution is 2.24. The second-order valence-corrected chi connectivity index (χ2v) is 6.71. The quantitative estimate of drug-likeness (QED) is 0.871. The van der Waals surface area contributed by atoms with E-state index in [4.69, 9.17) is 4.74 Å². The Morgan fingerprint density at radius 3 is 2.60 bits per heavy atom. The average Bonchev–Trinajstić information content (AvgIpc) is 2.67. The van der Waals surface area contributed by atoms with Gasteiger partial charge >= 0.3 is 0 Å². The lowest BCUT2D eigenvalue weighted by Crippen LogP contribution is -2.57. The van der Waals surface area contributed by atoms with Crippen molar-refractivity contribution in [3.8, 4) is 0 Å². The van der Waals surface area contributed by atoms with Gasteiger partial charge in [0, 0.05) is 26.2 Å². The van der Waals surface area contributed by atoms with Crippen LogP contribution in [0.3, 0.4) is 0 Å².